The summed E-state index contributed by atoms with van der Waals surface area (Å²) < 4.78 is 2.34. The fraction of sp³-hybridized carbons (Fsp3) is 0.200. The fourth-order valence-corrected chi connectivity index (χ4v) is 1.87. The number of ketones is 1. The third kappa shape index (κ3) is 1.88. The monoisotopic (exact) mass is 280 g/mol. The van der Waals surface area contributed by atoms with Gasteiger partial charge in [-0.1, -0.05) is 0 Å². The van der Waals surface area contributed by atoms with E-state index in [1.165, 1.54) is 12.4 Å². The summed E-state index contributed by atoms with van der Waals surface area (Å²) in [7, 11) is 0. The van der Waals surface area contributed by atoms with Gasteiger partial charge in [-0.15, -0.1) is 0 Å². The molecule has 0 unspecified atom stereocenters. The van der Waals surface area contributed by atoms with Crippen molar-refractivity contribution in [3.05, 3.63) is 40.4 Å². The third-order valence-corrected chi connectivity index (χ3v) is 2.74. The van der Waals surface area contributed by atoms with Crippen molar-refractivity contribution >= 4 is 21.7 Å². The first kappa shape index (κ1) is 10.9. The van der Waals surface area contributed by atoms with Gasteiger partial charge in [0.05, 0.1) is 23.1 Å². The molecule has 0 aliphatic rings. The van der Waals surface area contributed by atoms with Crippen molar-refractivity contribution in [2.45, 2.75) is 13.5 Å². The Labute approximate surface area is 101 Å². The summed E-state index contributed by atoms with van der Waals surface area (Å²) in [5, 5.41) is 11.4. The average molecular weight is 281 g/mol. The summed E-state index contributed by atoms with van der Waals surface area (Å²) in [5.74, 6) is -0.110. The Bertz CT molecular complexity index is 509. The minimum Gasteiger partial charge on any atom is -0.287 e. The minimum absolute atomic E-state index is 0.110. The lowest BCUT2D eigenvalue weighted by atomic mass is 10.1. The first-order valence-corrected chi connectivity index (χ1v) is 5.56. The quantitative estimate of drug-likeness (QED) is 0.803. The first-order valence-electron chi connectivity index (χ1n) is 4.76. The number of hydrogen-bond donors (Lipinski definition) is 0. The number of halogens is 1. The Balaban J connectivity index is 2.45. The van der Waals surface area contributed by atoms with Crippen molar-refractivity contribution in [1.29, 1.82) is 0 Å². The molecule has 16 heavy (non-hydrogen) atoms. The third-order valence-electron chi connectivity index (χ3n) is 2.16. The molecule has 0 bridgehead atoms. The molecule has 0 atom stereocenters. The topological polar surface area (TPSA) is 60.7 Å². The van der Waals surface area contributed by atoms with E-state index in [0.717, 1.165) is 0 Å². The van der Waals surface area contributed by atoms with Crippen LogP contribution in [-0.4, -0.2) is 25.8 Å². The van der Waals surface area contributed by atoms with Gasteiger partial charge in [0, 0.05) is 12.1 Å². The van der Waals surface area contributed by atoms with Crippen LogP contribution < -0.4 is 0 Å². The number of aryl methyl sites for hydroxylation is 1. The van der Waals surface area contributed by atoms with E-state index in [1.54, 1.807) is 16.9 Å². The maximum Gasteiger partial charge on any atom is 0.213 e. The zero-order valence-electron chi connectivity index (χ0n) is 8.59. The normalized spacial score (nSPS) is 10.4. The number of nitrogens with zero attached hydrogens (tertiary/aromatic N) is 4. The van der Waals surface area contributed by atoms with Gasteiger partial charge in [0.25, 0.3) is 0 Å². The molecule has 0 aliphatic carbocycles. The van der Waals surface area contributed by atoms with Crippen molar-refractivity contribution < 1.29 is 4.79 Å². The maximum absolute atomic E-state index is 12.1. The summed E-state index contributed by atoms with van der Waals surface area (Å²) in [6.45, 7) is 2.58. The van der Waals surface area contributed by atoms with Gasteiger partial charge < -0.3 is 0 Å². The molecule has 0 spiro atoms. The average Bonchev–Trinajstić information content (AvgIpc) is 2.70. The number of rotatable bonds is 3. The minimum atomic E-state index is -0.110. The highest BCUT2D eigenvalue weighted by Gasteiger charge is 2.18. The van der Waals surface area contributed by atoms with E-state index < -0.39 is 0 Å². The molecule has 0 fully saturated rings. The molecule has 6 heteroatoms. The Morgan fingerprint density at radius 3 is 2.88 bits per heavy atom. The molecule has 2 heterocycles. The summed E-state index contributed by atoms with van der Waals surface area (Å²) in [6.07, 6.45) is 4.56. The highest BCUT2D eigenvalue weighted by atomic mass is 79.9. The van der Waals surface area contributed by atoms with Gasteiger partial charge in [0.2, 0.25) is 5.78 Å². The van der Waals surface area contributed by atoms with E-state index in [4.69, 9.17) is 0 Å². The van der Waals surface area contributed by atoms with Crippen molar-refractivity contribution in [3.63, 3.8) is 0 Å². The van der Waals surface area contributed by atoms with Crippen LogP contribution in [0.5, 0.6) is 0 Å². The molecule has 82 valence electrons. The molecule has 2 aromatic rings. The van der Waals surface area contributed by atoms with E-state index in [2.05, 4.69) is 31.2 Å². The Hall–Kier alpha value is -1.56. The zero-order valence-corrected chi connectivity index (χ0v) is 10.2. The molecule has 0 saturated carbocycles. The van der Waals surface area contributed by atoms with Gasteiger partial charge in [0.15, 0.2) is 0 Å². The molecule has 2 aromatic heterocycles. The predicted molar refractivity (Wildman–Crippen MR) is 61.1 cm³/mol. The summed E-state index contributed by atoms with van der Waals surface area (Å²) in [4.78, 5) is 12.1. The lowest BCUT2D eigenvalue weighted by Crippen LogP contribution is -2.11. The van der Waals surface area contributed by atoms with E-state index in [-0.39, 0.29) is 5.78 Å². The van der Waals surface area contributed by atoms with Crippen LogP contribution >= 0.6 is 15.9 Å². The molecular weight excluding hydrogens is 272 g/mol. The molecule has 0 aliphatic heterocycles. The molecule has 0 saturated heterocycles. The molecule has 0 N–H and O–H groups in total. The largest absolute Gasteiger partial charge is 0.287 e. The molecule has 0 amide bonds. The first-order chi connectivity index (χ1) is 7.74. The zero-order chi connectivity index (χ0) is 11.5. The second kappa shape index (κ2) is 4.52. The van der Waals surface area contributed by atoms with Crippen molar-refractivity contribution in [2.75, 3.05) is 0 Å². The van der Waals surface area contributed by atoms with Crippen LogP contribution in [0, 0.1) is 0 Å². The Morgan fingerprint density at radius 2 is 2.25 bits per heavy atom. The van der Waals surface area contributed by atoms with E-state index in [9.17, 15) is 4.79 Å². The Morgan fingerprint density at radius 1 is 1.44 bits per heavy atom. The fourth-order valence-electron chi connectivity index (χ4n) is 1.39. The van der Waals surface area contributed by atoms with Crippen molar-refractivity contribution in [3.8, 4) is 0 Å². The molecule has 2 rings (SSSR count). The predicted octanol–water partition coefficient (Wildman–Crippen LogP) is 1.69. The van der Waals surface area contributed by atoms with E-state index in [1.807, 2.05) is 6.92 Å². The van der Waals surface area contributed by atoms with Crippen molar-refractivity contribution in [1.82, 2.24) is 20.0 Å². The summed E-state index contributed by atoms with van der Waals surface area (Å²) >= 11 is 3.32. The van der Waals surface area contributed by atoms with E-state index in [0.29, 0.717) is 22.3 Å². The van der Waals surface area contributed by atoms with Crippen LogP contribution in [0.4, 0.5) is 0 Å². The van der Waals surface area contributed by atoms with Crippen LogP contribution in [0.2, 0.25) is 0 Å². The maximum atomic E-state index is 12.1. The van der Waals surface area contributed by atoms with Gasteiger partial charge in [-0.3, -0.25) is 9.48 Å². The van der Waals surface area contributed by atoms with Crippen LogP contribution in [-0.2, 0) is 6.54 Å². The number of aromatic nitrogens is 4. The molecule has 0 radical (unpaired) electrons. The highest BCUT2D eigenvalue weighted by Crippen LogP contribution is 2.19. The van der Waals surface area contributed by atoms with Crippen LogP contribution in [0.25, 0.3) is 0 Å². The van der Waals surface area contributed by atoms with Crippen LogP contribution in [0.1, 0.15) is 23.0 Å². The van der Waals surface area contributed by atoms with Gasteiger partial charge in [-0.2, -0.15) is 15.3 Å². The van der Waals surface area contributed by atoms with Gasteiger partial charge in [-0.05, 0) is 28.9 Å². The molecule has 0 aromatic carbocycles. The highest BCUT2D eigenvalue weighted by molar-refractivity contribution is 9.10. The van der Waals surface area contributed by atoms with E-state index >= 15 is 0 Å². The van der Waals surface area contributed by atoms with Crippen LogP contribution in [0.15, 0.2) is 29.1 Å². The number of carbonyl (C=O) groups excluding carboxylic acids is 1. The van der Waals surface area contributed by atoms with Gasteiger partial charge in [0.1, 0.15) is 5.69 Å². The smallest absolute Gasteiger partial charge is 0.213 e. The number of carbonyl (C=O) groups is 1. The summed E-state index contributed by atoms with van der Waals surface area (Å²) in [5.41, 5.74) is 1.04. The second-order valence-electron chi connectivity index (χ2n) is 3.12. The van der Waals surface area contributed by atoms with Crippen molar-refractivity contribution in [2.24, 2.45) is 0 Å². The molecule has 5 nitrogen and oxygen atoms in total. The van der Waals surface area contributed by atoms with Gasteiger partial charge in [-0.25, -0.2) is 0 Å². The summed E-state index contributed by atoms with van der Waals surface area (Å²) in [6, 6.07) is 1.63. The lowest BCUT2D eigenvalue weighted by Gasteiger charge is -2.03. The van der Waals surface area contributed by atoms with Gasteiger partial charge >= 0.3 is 0 Å². The second-order valence-corrected chi connectivity index (χ2v) is 3.97. The number of hydrogen-bond acceptors (Lipinski definition) is 4. The SMILES string of the molecule is CCn1ncc(Br)c1C(=O)c1ccnnc1. The Kier molecular flexibility index (Phi) is 3.09. The van der Waals surface area contributed by atoms with Crippen LogP contribution in [0.3, 0.4) is 0 Å². The standard InChI is InChI=1S/C10H9BrN4O/c1-2-15-9(8(11)6-14-15)10(16)7-3-4-12-13-5-7/h3-6H,2H2,1H3. The molecular formula is C10H9BrN4O. The lowest BCUT2D eigenvalue weighted by molar-refractivity contribution is 0.102.